The highest BCUT2D eigenvalue weighted by Gasteiger charge is 2.24. The van der Waals surface area contributed by atoms with E-state index in [0.717, 1.165) is 17.1 Å². The minimum absolute atomic E-state index is 0.112. The van der Waals surface area contributed by atoms with Gasteiger partial charge in [-0.25, -0.2) is 4.79 Å². The van der Waals surface area contributed by atoms with Gasteiger partial charge in [0.15, 0.2) is 11.9 Å². The van der Waals surface area contributed by atoms with E-state index in [0.29, 0.717) is 16.3 Å². The van der Waals surface area contributed by atoms with E-state index in [1.165, 1.54) is 13.2 Å². The van der Waals surface area contributed by atoms with Gasteiger partial charge >= 0.3 is 11.7 Å². The topological polar surface area (TPSA) is 135 Å². The van der Waals surface area contributed by atoms with Crippen LogP contribution in [0.3, 0.4) is 0 Å². The Morgan fingerprint density at radius 1 is 1.54 bits per heavy atom. The highest BCUT2D eigenvalue weighted by molar-refractivity contribution is 6.31. The zero-order chi connectivity index (χ0) is 19.3. The molecular weight excluding hydrogens is 366 g/mol. The number of carbonyl (C=O) groups is 1. The van der Waals surface area contributed by atoms with Crippen LogP contribution in [0, 0.1) is 10.1 Å². The van der Waals surface area contributed by atoms with E-state index in [4.69, 9.17) is 26.9 Å². The Labute approximate surface area is 153 Å². The van der Waals surface area contributed by atoms with Crippen molar-refractivity contribution in [3.05, 3.63) is 51.3 Å². The van der Waals surface area contributed by atoms with Gasteiger partial charge in [0.2, 0.25) is 0 Å². The minimum Gasteiger partial charge on any atom is -0.496 e. The first-order valence-corrected chi connectivity index (χ1v) is 7.82. The lowest BCUT2D eigenvalue weighted by atomic mass is 10.2. The van der Waals surface area contributed by atoms with Gasteiger partial charge in [0.1, 0.15) is 18.1 Å². The summed E-state index contributed by atoms with van der Waals surface area (Å²) in [6.07, 6.45) is 2.47. The molecule has 1 aromatic carbocycles. The number of benzene rings is 1. The predicted octanol–water partition coefficient (Wildman–Crippen LogP) is 2.27. The maximum Gasteiger partial charge on any atom is 0.359 e. The number of nitrogens with two attached hydrogens (primary N) is 1. The molecule has 11 heteroatoms. The van der Waals surface area contributed by atoms with Crippen LogP contribution in [0.1, 0.15) is 24.9 Å². The first-order valence-electron chi connectivity index (χ1n) is 7.44. The number of aromatic nitrogens is 2. The van der Waals surface area contributed by atoms with Crippen LogP contribution in [0.5, 0.6) is 5.75 Å². The van der Waals surface area contributed by atoms with Crippen LogP contribution in [0.15, 0.2) is 35.7 Å². The van der Waals surface area contributed by atoms with E-state index < -0.39 is 16.9 Å². The average Bonchev–Trinajstić information content (AvgIpc) is 3.10. The van der Waals surface area contributed by atoms with Gasteiger partial charge in [-0.05, 0) is 24.6 Å². The number of hydrogen-bond donors (Lipinski definition) is 1. The molecule has 0 saturated carbocycles. The lowest BCUT2D eigenvalue weighted by Crippen LogP contribution is -2.22. The van der Waals surface area contributed by atoms with Gasteiger partial charge in [-0.1, -0.05) is 23.7 Å². The molecular formula is C15H16ClN5O5. The van der Waals surface area contributed by atoms with Gasteiger partial charge in [0, 0.05) is 5.02 Å². The Hall–Kier alpha value is -3.14. The van der Waals surface area contributed by atoms with Crippen molar-refractivity contribution in [3.63, 3.8) is 0 Å². The summed E-state index contributed by atoms with van der Waals surface area (Å²) >= 11 is 5.92. The molecule has 1 unspecified atom stereocenters. The van der Waals surface area contributed by atoms with Crippen molar-refractivity contribution in [2.75, 3.05) is 7.11 Å². The van der Waals surface area contributed by atoms with Crippen LogP contribution < -0.4 is 10.5 Å². The summed E-state index contributed by atoms with van der Waals surface area (Å²) in [6.45, 7) is 1.70. The molecule has 0 aliphatic rings. The van der Waals surface area contributed by atoms with Gasteiger partial charge in [-0.2, -0.15) is 5.10 Å². The van der Waals surface area contributed by atoms with E-state index in [-0.39, 0.29) is 17.9 Å². The monoisotopic (exact) mass is 381 g/mol. The van der Waals surface area contributed by atoms with Crippen LogP contribution in [0.2, 0.25) is 5.02 Å². The predicted molar refractivity (Wildman–Crippen MR) is 93.0 cm³/mol. The zero-order valence-electron chi connectivity index (χ0n) is 14.0. The lowest BCUT2D eigenvalue weighted by molar-refractivity contribution is -0.385. The number of halogens is 1. The first kappa shape index (κ1) is 19.2. The Bertz CT molecular complexity index is 851. The molecule has 1 aromatic heterocycles. The fraction of sp³-hybridized carbons (Fsp3) is 0.267. The molecule has 1 heterocycles. The summed E-state index contributed by atoms with van der Waals surface area (Å²) in [7, 11) is 1.45. The number of hydrogen-bond acceptors (Lipinski definition) is 7. The fourth-order valence-electron chi connectivity index (χ4n) is 2.14. The van der Waals surface area contributed by atoms with E-state index in [1.807, 2.05) is 0 Å². The second-order valence-corrected chi connectivity index (χ2v) is 5.53. The molecule has 10 nitrogen and oxygen atoms in total. The molecule has 2 N–H and O–H groups in total. The Balaban J connectivity index is 2.18. The molecule has 0 amide bonds. The number of ether oxygens (including phenoxy) is 1. The smallest absolute Gasteiger partial charge is 0.359 e. The number of oxime groups is 1. The van der Waals surface area contributed by atoms with Crippen LogP contribution in [0.4, 0.5) is 5.69 Å². The van der Waals surface area contributed by atoms with Gasteiger partial charge in [0.25, 0.3) is 0 Å². The van der Waals surface area contributed by atoms with Gasteiger partial charge < -0.3 is 15.3 Å². The van der Waals surface area contributed by atoms with Crippen molar-refractivity contribution in [2.24, 2.45) is 10.9 Å². The third kappa shape index (κ3) is 4.28. The van der Waals surface area contributed by atoms with Gasteiger partial charge in [0.05, 0.1) is 17.6 Å². The summed E-state index contributed by atoms with van der Waals surface area (Å²) in [5.74, 6) is -0.477. The average molecular weight is 382 g/mol. The SMILES string of the molecule is CCC(C(=O)O/N=C(\N)c1cc(Cl)ccc1OC)n1cc([N+](=O)[O-])cn1. The van der Waals surface area contributed by atoms with Crippen LogP contribution in [-0.4, -0.2) is 33.6 Å². The van der Waals surface area contributed by atoms with Crippen molar-refractivity contribution in [1.29, 1.82) is 0 Å². The van der Waals surface area contributed by atoms with E-state index in [9.17, 15) is 14.9 Å². The number of nitro groups is 1. The second kappa shape index (κ2) is 8.30. The van der Waals surface area contributed by atoms with Crippen LogP contribution in [0.25, 0.3) is 0 Å². The second-order valence-electron chi connectivity index (χ2n) is 5.09. The summed E-state index contributed by atoms with van der Waals surface area (Å²) in [6, 6.07) is 3.84. The summed E-state index contributed by atoms with van der Waals surface area (Å²) in [5.41, 5.74) is 5.96. The van der Waals surface area contributed by atoms with E-state index in [2.05, 4.69) is 10.3 Å². The Morgan fingerprint density at radius 3 is 2.85 bits per heavy atom. The van der Waals surface area contributed by atoms with Crippen molar-refractivity contribution in [1.82, 2.24) is 9.78 Å². The maximum atomic E-state index is 12.2. The number of nitrogens with zero attached hydrogens (tertiary/aromatic N) is 4. The number of rotatable bonds is 7. The molecule has 0 saturated heterocycles. The Kier molecular flexibility index (Phi) is 6.12. The van der Waals surface area contributed by atoms with Crippen molar-refractivity contribution in [2.45, 2.75) is 19.4 Å². The third-order valence-electron chi connectivity index (χ3n) is 3.45. The molecule has 0 fully saturated rings. The van der Waals surface area contributed by atoms with Gasteiger partial charge in [-0.3, -0.25) is 14.8 Å². The molecule has 0 aliphatic carbocycles. The molecule has 0 spiro atoms. The number of carbonyl (C=O) groups excluding carboxylic acids is 1. The third-order valence-corrected chi connectivity index (χ3v) is 3.68. The molecule has 2 rings (SSSR count). The highest BCUT2D eigenvalue weighted by Crippen LogP contribution is 2.23. The largest absolute Gasteiger partial charge is 0.496 e. The normalized spacial score (nSPS) is 12.5. The molecule has 0 bridgehead atoms. The van der Waals surface area contributed by atoms with Crippen molar-refractivity contribution >= 4 is 29.1 Å². The van der Waals surface area contributed by atoms with Crippen molar-refractivity contribution in [3.8, 4) is 5.75 Å². The minimum atomic E-state index is -0.887. The molecule has 1 atom stereocenters. The van der Waals surface area contributed by atoms with Crippen molar-refractivity contribution < 1.29 is 19.3 Å². The maximum absolute atomic E-state index is 12.2. The quantitative estimate of drug-likeness (QED) is 0.255. The fourth-order valence-corrected chi connectivity index (χ4v) is 2.31. The summed E-state index contributed by atoms with van der Waals surface area (Å²) in [5, 5.41) is 18.6. The Morgan fingerprint density at radius 2 is 2.27 bits per heavy atom. The van der Waals surface area contributed by atoms with E-state index >= 15 is 0 Å². The number of methoxy groups -OCH3 is 1. The zero-order valence-corrected chi connectivity index (χ0v) is 14.7. The number of amidine groups is 1. The van der Waals surface area contributed by atoms with Gasteiger partial charge in [-0.15, -0.1) is 0 Å². The van der Waals surface area contributed by atoms with E-state index in [1.54, 1.807) is 19.1 Å². The molecule has 138 valence electrons. The standard InChI is InChI=1S/C15H16ClN5O5/c1-3-12(20-8-10(7-18-20)21(23)24)15(22)26-19-14(17)11-6-9(16)4-5-13(11)25-2/h4-8,12H,3H2,1-2H3,(H2,17,19). The summed E-state index contributed by atoms with van der Waals surface area (Å²) in [4.78, 5) is 27.2. The molecule has 0 aliphatic heterocycles. The highest BCUT2D eigenvalue weighted by atomic mass is 35.5. The first-order chi connectivity index (χ1) is 12.4. The van der Waals surface area contributed by atoms with Crippen LogP contribution in [-0.2, 0) is 9.63 Å². The summed E-state index contributed by atoms with van der Waals surface area (Å²) < 4.78 is 6.30. The lowest BCUT2D eigenvalue weighted by Gasteiger charge is -2.12. The molecule has 2 aromatic rings. The van der Waals surface area contributed by atoms with Crippen LogP contribution >= 0.6 is 11.6 Å². The molecule has 26 heavy (non-hydrogen) atoms. The molecule has 0 radical (unpaired) electrons.